The van der Waals surface area contributed by atoms with Gasteiger partial charge in [-0.1, -0.05) is 24.0 Å². The van der Waals surface area contributed by atoms with Crippen molar-refractivity contribution in [3.63, 3.8) is 0 Å². The maximum Gasteiger partial charge on any atom is 0.416 e. The molecule has 29 heavy (non-hydrogen) atoms. The predicted octanol–water partition coefficient (Wildman–Crippen LogP) is 4.04. The van der Waals surface area contributed by atoms with Crippen LogP contribution >= 0.6 is 0 Å². The van der Waals surface area contributed by atoms with Gasteiger partial charge in [0.25, 0.3) is 5.91 Å². The molecule has 0 bridgehead atoms. The van der Waals surface area contributed by atoms with Gasteiger partial charge in [-0.05, 0) is 42.8 Å². The van der Waals surface area contributed by atoms with Crippen LogP contribution in [0, 0.1) is 18.8 Å². The lowest BCUT2D eigenvalue weighted by molar-refractivity contribution is -0.137. The summed E-state index contributed by atoms with van der Waals surface area (Å²) in [4.78, 5) is 20.1. The van der Waals surface area contributed by atoms with Crippen LogP contribution in [0.15, 0.2) is 54.9 Å². The Kier molecular flexibility index (Phi) is 5.50. The Morgan fingerprint density at radius 3 is 2.45 bits per heavy atom. The van der Waals surface area contributed by atoms with Gasteiger partial charge in [0.15, 0.2) is 0 Å². The van der Waals surface area contributed by atoms with E-state index in [1.165, 1.54) is 24.5 Å². The summed E-state index contributed by atoms with van der Waals surface area (Å²) in [6.45, 7) is 1.76. The molecule has 1 aromatic heterocycles. The number of carbonyl (C=O) groups excluding carboxylic acids is 1. The number of anilines is 2. The molecule has 2 aromatic carbocycles. The maximum atomic E-state index is 12.9. The molecule has 0 spiro atoms. The molecule has 0 saturated heterocycles. The molecule has 0 unspecified atom stereocenters. The van der Waals surface area contributed by atoms with Crippen LogP contribution < -0.4 is 11.1 Å². The van der Waals surface area contributed by atoms with Crippen molar-refractivity contribution in [2.45, 2.75) is 13.1 Å². The number of nitrogens with one attached hydrogen (secondary N) is 1. The van der Waals surface area contributed by atoms with Crippen molar-refractivity contribution in [1.29, 1.82) is 0 Å². The number of nitrogen functional groups attached to an aromatic ring is 1. The normalized spacial score (nSPS) is 10.8. The molecule has 0 fully saturated rings. The van der Waals surface area contributed by atoms with Crippen LogP contribution in [-0.2, 0) is 6.18 Å². The van der Waals surface area contributed by atoms with Crippen LogP contribution in [0.2, 0.25) is 0 Å². The van der Waals surface area contributed by atoms with Gasteiger partial charge >= 0.3 is 6.18 Å². The average Bonchev–Trinajstić information content (AvgIpc) is 2.69. The number of rotatable bonds is 2. The van der Waals surface area contributed by atoms with E-state index in [0.29, 0.717) is 22.4 Å². The minimum atomic E-state index is -4.52. The Morgan fingerprint density at radius 2 is 1.76 bits per heavy atom. The van der Waals surface area contributed by atoms with Crippen LogP contribution in [-0.4, -0.2) is 15.9 Å². The van der Waals surface area contributed by atoms with Crippen molar-refractivity contribution in [3.05, 3.63) is 82.7 Å². The highest BCUT2D eigenvalue weighted by atomic mass is 19.4. The smallest absolute Gasteiger partial charge is 0.368 e. The van der Waals surface area contributed by atoms with Gasteiger partial charge in [0.1, 0.15) is 0 Å². The molecule has 8 heteroatoms. The van der Waals surface area contributed by atoms with Crippen LogP contribution in [0.4, 0.5) is 24.8 Å². The Labute approximate surface area is 164 Å². The van der Waals surface area contributed by atoms with Crippen molar-refractivity contribution in [1.82, 2.24) is 9.97 Å². The number of carbonyl (C=O) groups is 1. The van der Waals surface area contributed by atoms with Gasteiger partial charge in [0.05, 0.1) is 11.1 Å². The molecule has 5 nitrogen and oxygen atoms in total. The number of amides is 1. The summed E-state index contributed by atoms with van der Waals surface area (Å²) in [5.41, 5.74) is 6.80. The molecule has 3 N–H and O–H groups in total. The Hall–Kier alpha value is -3.86. The number of benzene rings is 2. The van der Waals surface area contributed by atoms with Crippen LogP contribution in [0.1, 0.15) is 32.6 Å². The van der Waals surface area contributed by atoms with E-state index < -0.39 is 17.6 Å². The summed E-state index contributed by atoms with van der Waals surface area (Å²) < 4.78 is 38.6. The van der Waals surface area contributed by atoms with Gasteiger partial charge < -0.3 is 11.1 Å². The second-order valence-electron chi connectivity index (χ2n) is 6.09. The van der Waals surface area contributed by atoms with Crippen LogP contribution in [0.25, 0.3) is 0 Å². The fraction of sp³-hybridized carbons (Fsp3) is 0.0952. The van der Waals surface area contributed by atoms with Crippen LogP contribution in [0.5, 0.6) is 0 Å². The average molecular weight is 396 g/mol. The molecule has 0 aliphatic rings. The lowest BCUT2D eigenvalue weighted by Gasteiger charge is -2.11. The molecule has 0 aliphatic carbocycles. The maximum absolute atomic E-state index is 12.9. The number of hydrogen-bond donors (Lipinski definition) is 2. The Balaban J connectivity index is 1.83. The quantitative estimate of drug-likeness (QED) is 0.641. The van der Waals surface area contributed by atoms with E-state index in [-0.39, 0.29) is 11.5 Å². The molecule has 1 heterocycles. The zero-order valence-electron chi connectivity index (χ0n) is 15.2. The van der Waals surface area contributed by atoms with Crippen LogP contribution in [0.3, 0.4) is 0 Å². The number of alkyl halides is 3. The van der Waals surface area contributed by atoms with Gasteiger partial charge in [0.2, 0.25) is 5.95 Å². The third kappa shape index (κ3) is 4.90. The summed E-state index contributed by atoms with van der Waals surface area (Å²) in [6, 6.07) is 9.36. The lowest BCUT2D eigenvalue weighted by atomic mass is 10.1. The minimum absolute atomic E-state index is 0.0882. The highest BCUT2D eigenvalue weighted by molar-refractivity contribution is 6.04. The Bertz CT molecular complexity index is 1110. The van der Waals surface area contributed by atoms with E-state index in [4.69, 9.17) is 5.73 Å². The zero-order chi connectivity index (χ0) is 21.0. The summed E-state index contributed by atoms with van der Waals surface area (Å²) in [5, 5.41) is 2.64. The lowest BCUT2D eigenvalue weighted by Crippen LogP contribution is -2.14. The summed E-state index contributed by atoms with van der Waals surface area (Å²) in [7, 11) is 0. The third-order valence-electron chi connectivity index (χ3n) is 4.05. The second-order valence-corrected chi connectivity index (χ2v) is 6.09. The minimum Gasteiger partial charge on any atom is -0.368 e. The molecule has 146 valence electrons. The van der Waals surface area contributed by atoms with E-state index in [1.807, 2.05) is 0 Å². The van der Waals surface area contributed by atoms with Gasteiger partial charge in [-0.3, -0.25) is 4.79 Å². The van der Waals surface area contributed by atoms with E-state index >= 15 is 0 Å². The first kappa shape index (κ1) is 19.9. The first-order chi connectivity index (χ1) is 13.7. The number of nitrogens with zero attached hydrogens (tertiary/aromatic N) is 2. The molecule has 1 amide bonds. The molecule has 3 rings (SSSR count). The van der Waals surface area contributed by atoms with Crippen molar-refractivity contribution in [3.8, 4) is 11.8 Å². The largest absolute Gasteiger partial charge is 0.416 e. The number of aromatic nitrogens is 2. The molecular formula is C21H15F3N4O. The number of nitrogens with two attached hydrogens (primary N) is 1. The molecule has 0 radical (unpaired) electrons. The van der Waals surface area contributed by atoms with E-state index in [2.05, 4.69) is 27.1 Å². The first-order valence-corrected chi connectivity index (χ1v) is 8.42. The molecule has 0 atom stereocenters. The van der Waals surface area contributed by atoms with E-state index in [1.54, 1.807) is 25.1 Å². The number of hydrogen-bond acceptors (Lipinski definition) is 4. The number of halogens is 3. The van der Waals surface area contributed by atoms with Gasteiger partial charge in [-0.2, -0.15) is 13.2 Å². The third-order valence-corrected chi connectivity index (χ3v) is 4.05. The van der Waals surface area contributed by atoms with Crippen molar-refractivity contribution < 1.29 is 18.0 Å². The molecule has 3 aromatic rings. The van der Waals surface area contributed by atoms with Crippen molar-refractivity contribution >= 4 is 17.5 Å². The summed E-state index contributed by atoms with van der Waals surface area (Å²) >= 11 is 0. The molecule has 0 saturated carbocycles. The van der Waals surface area contributed by atoms with Crippen molar-refractivity contribution in [2.24, 2.45) is 0 Å². The highest BCUT2D eigenvalue weighted by Crippen LogP contribution is 2.29. The fourth-order valence-electron chi connectivity index (χ4n) is 2.48. The predicted molar refractivity (Wildman–Crippen MR) is 103 cm³/mol. The van der Waals surface area contributed by atoms with Gasteiger partial charge in [0, 0.05) is 29.2 Å². The first-order valence-electron chi connectivity index (χ1n) is 8.42. The Morgan fingerprint density at radius 1 is 1.07 bits per heavy atom. The summed E-state index contributed by atoms with van der Waals surface area (Å²) in [5.74, 6) is 5.36. The van der Waals surface area contributed by atoms with Crippen molar-refractivity contribution in [2.75, 3.05) is 11.1 Å². The topological polar surface area (TPSA) is 80.9 Å². The van der Waals surface area contributed by atoms with E-state index in [9.17, 15) is 18.0 Å². The SMILES string of the molecule is Cc1c(C#Cc2cnc(N)nc2)cccc1NC(=O)c1cccc(C(F)(F)F)c1. The summed E-state index contributed by atoms with van der Waals surface area (Å²) in [6.07, 6.45) is -1.54. The van der Waals surface area contributed by atoms with Gasteiger partial charge in [-0.25, -0.2) is 9.97 Å². The highest BCUT2D eigenvalue weighted by Gasteiger charge is 2.30. The molecule has 0 aliphatic heterocycles. The van der Waals surface area contributed by atoms with Gasteiger partial charge in [-0.15, -0.1) is 0 Å². The standard InChI is InChI=1S/C21H15F3N4O/c1-13-15(9-8-14-11-26-20(25)27-12-14)4-3-7-18(13)28-19(29)16-5-2-6-17(10-16)21(22,23)24/h2-7,10-12H,1H3,(H,28,29)(H2,25,26,27). The van der Waals surface area contributed by atoms with E-state index in [0.717, 1.165) is 12.1 Å². The second kappa shape index (κ2) is 8.02. The fourth-order valence-corrected chi connectivity index (χ4v) is 2.48. The molecular weight excluding hydrogens is 381 g/mol. The zero-order valence-corrected chi connectivity index (χ0v) is 15.2. The monoisotopic (exact) mass is 396 g/mol.